The number of benzene rings is 1. The van der Waals surface area contributed by atoms with Gasteiger partial charge in [-0.25, -0.2) is 9.36 Å². The average Bonchev–Trinajstić information content (AvgIpc) is 2.39. The molecule has 21 heavy (non-hydrogen) atoms. The zero-order valence-electron chi connectivity index (χ0n) is 11.6. The van der Waals surface area contributed by atoms with Gasteiger partial charge in [0, 0.05) is 11.6 Å². The summed E-state index contributed by atoms with van der Waals surface area (Å²) < 4.78 is 0.919. The lowest BCUT2D eigenvalue weighted by atomic mass is 10.1. The summed E-state index contributed by atoms with van der Waals surface area (Å²) in [7, 11) is 0. The summed E-state index contributed by atoms with van der Waals surface area (Å²) in [5.74, 6) is -0.486. The molecule has 110 valence electrons. The minimum atomic E-state index is -0.806. The number of H-pyrrole nitrogens is 1. The number of aromatic amines is 1. The van der Waals surface area contributed by atoms with Gasteiger partial charge in [-0.3, -0.25) is 19.9 Å². The van der Waals surface area contributed by atoms with Crippen LogP contribution in [0, 0.1) is 30.9 Å². The third kappa shape index (κ3) is 2.31. The molecule has 2 aromatic rings. The molecule has 2 rings (SSSR count). The summed E-state index contributed by atoms with van der Waals surface area (Å²) in [4.78, 5) is 35.8. The summed E-state index contributed by atoms with van der Waals surface area (Å²) in [5, 5.41) is 20.9. The maximum Gasteiger partial charge on any atom is 0.335 e. The smallest absolute Gasteiger partial charge is 0.335 e. The fourth-order valence-electron chi connectivity index (χ4n) is 2.06. The van der Waals surface area contributed by atoms with Crippen LogP contribution in [0.4, 0.5) is 5.69 Å². The van der Waals surface area contributed by atoms with Crippen molar-refractivity contribution >= 4 is 5.69 Å². The van der Waals surface area contributed by atoms with Crippen LogP contribution >= 0.6 is 0 Å². The normalized spacial score (nSPS) is 10.6. The summed E-state index contributed by atoms with van der Waals surface area (Å²) in [5.41, 5.74) is -0.522. The number of aromatic nitrogens is 2. The largest absolute Gasteiger partial charge is 0.494 e. The second kappa shape index (κ2) is 4.89. The van der Waals surface area contributed by atoms with Crippen LogP contribution in [0.5, 0.6) is 5.88 Å². The van der Waals surface area contributed by atoms with Crippen LogP contribution in [0.25, 0.3) is 5.69 Å². The predicted octanol–water partition coefficient (Wildman–Crippen LogP) is 1.06. The summed E-state index contributed by atoms with van der Waals surface area (Å²) in [6.45, 7) is 4.48. The SMILES string of the molecule is Cc1cc([N+](=O)[O-])c(C)cc1-n1c(O)c(C)c(=O)[nH]c1=O. The Kier molecular flexibility index (Phi) is 3.38. The molecule has 0 aliphatic heterocycles. The zero-order valence-corrected chi connectivity index (χ0v) is 11.6. The Bertz CT molecular complexity index is 863. The highest BCUT2D eigenvalue weighted by Crippen LogP contribution is 2.26. The second-order valence-electron chi connectivity index (χ2n) is 4.73. The van der Waals surface area contributed by atoms with Gasteiger partial charge in [0.25, 0.3) is 11.2 Å². The van der Waals surface area contributed by atoms with Gasteiger partial charge in [-0.1, -0.05) is 0 Å². The third-order valence-electron chi connectivity index (χ3n) is 3.26. The molecule has 0 saturated heterocycles. The van der Waals surface area contributed by atoms with E-state index in [1.54, 1.807) is 6.92 Å². The van der Waals surface area contributed by atoms with Crippen LogP contribution in [-0.4, -0.2) is 19.6 Å². The quantitative estimate of drug-likeness (QED) is 0.633. The van der Waals surface area contributed by atoms with Crippen molar-refractivity contribution in [1.29, 1.82) is 0 Å². The van der Waals surface area contributed by atoms with Gasteiger partial charge in [0.2, 0.25) is 5.88 Å². The lowest BCUT2D eigenvalue weighted by molar-refractivity contribution is -0.385. The Morgan fingerprint density at radius 2 is 1.81 bits per heavy atom. The maximum absolute atomic E-state index is 11.9. The van der Waals surface area contributed by atoms with Crippen LogP contribution in [0.15, 0.2) is 21.7 Å². The van der Waals surface area contributed by atoms with Crippen molar-refractivity contribution < 1.29 is 10.0 Å². The first kappa shape index (κ1) is 14.5. The first-order valence-electron chi connectivity index (χ1n) is 6.05. The number of nitro groups is 1. The van der Waals surface area contributed by atoms with Crippen molar-refractivity contribution in [2.24, 2.45) is 0 Å². The summed E-state index contributed by atoms with van der Waals surface area (Å²) >= 11 is 0. The molecule has 1 aromatic carbocycles. The van der Waals surface area contributed by atoms with E-state index in [1.807, 2.05) is 0 Å². The van der Waals surface area contributed by atoms with Crippen molar-refractivity contribution in [3.05, 3.63) is 59.8 Å². The van der Waals surface area contributed by atoms with E-state index in [4.69, 9.17) is 0 Å². The molecule has 0 radical (unpaired) electrons. The second-order valence-corrected chi connectivity index (χ2v) is 4.73. The van der Waals surface area contributed by atoms with E-state index in [-0.39, 0.29) is 16.9 Å². The van der Waals surface area contributed by atoms with Crippen molar-refractivity contribution in [3.63, 3.8) is 0 Å². The number of nitrogens with one attached hydrogen (secondary N) is 1. The molecule has 0 fully saturated rings. The fourth-order valence-corrected chi connectivity index (χ4v) is 2.06. The number of aryl methyl sites for hydroxylation is 2. The molecule has 0 spiro atoms. The molecule has 2 N–H and O–H groups in total. The number of nitrogens with zero attached hydrogens (tertiary/aromatic N) is 2. The Morgan fingerprint density at radius 3 is 2.38 bits per heavy atom. The Labute approximate surface area is 118 Å². The van der Waals surface area contributed by atoms with Crippen LogP contribution in [-0.2, 0) is 0 Å². The molecule has 8 nitrogen and oxygen atoms in total. The standard InChI is InChI=1S/C13H13N3O5/c1-6-5-10(16(20)21)7(2)4-9(6)15-12(18)8(3)11(17)14-13(15)19/h4-5,18H,1-3H3,(H,14,17,19). The average molecular weight is 291 g/mol. The third-order valence-corrected chi connectivity index (χ3v) is 3.26. The minimum absolute atomic E-state index is 0.00925. The minimum Gasteiger partial charge on any atom is -0.494 e. The zero-order chi connectivity index (χ0) is 15.9. The topological polar surface area (TPSA) is 118 Å². The van der Waals surface area contributed by atoms with Gasteiger partial charge in [-0.05, 0) is 32.4 Å². The predicted molar refractivity (Wildman–Crippen MR) is 75.2 cm³/mol. The molecule has 8 heteroatoms. The molecule has 0 amide bonds. The van der Waals surface area contributed by atoms with E-state index in [0.29, 0.717) is 11.1 Å². The fraction of sp³-hybridized carbons (Fsp3) is 0.231. The van der Waals surface area contributed by atoms with Gasteiger partial charge in [-0.2, -0.15) is 0 Å². The van der Waals surface area contributed by atoms with Gasteiger partial charge in [-0.15, -0.1) is 0 Å². The Balaban J connectivity index is 2.84. The van der Waals surface area contributed by atoms with E-state index in [2.05, 4.69) is 4.98 Å². The maximum atomic E-state index is 11.9. The molecule has 0 aliphatic rings. The molecule has 0 saturated carbocycles. The molecular weight excluding hydrogens is 278 g/mol. The molecule has 0 bridgehead atoms. The van der Waals surface area contributed by atoms with Gasteiger partial charge in [0.1, 0.15) is 0 Å². The van der Waals surface area contributed by atoms with Crippen LogP contribution in [0.3, 0.4) is 0 Å². The molecule has 0 atom stereocenters. The van der Waals surface area contributed by atoms with Crippen molar-refractivity contribution in [3.8, 4) is 11.6 Å². The lowest BCUT2D eigenvalue weighted by Gasteiger charge is -2.13. The number of hydrogen-bond donors (Lipinski definition) is 2. The number of rotatable bonds is 2. The molecule has 0 aliphatic carbocycles. The van der Waals surface area contributed by atoms with Gasteiger partial charge in [0.15, 0.2) is 0 Å². The highest BCUT2D eigenvalue weighted by molar-refractivity contribution is 5.54. The first-order chi connectivity index (χ1) is 9.73. The van der Waals surface area contributed by atoms with Crippen LogP contribution in [0.2, 0.25) is 0 Å². The van der Waals surface area contributed by atoms with E-state index in [1.165, 1.54) is 26.0 Å². The number of nitro benzene ring substituents is 1. The number of aromatic hydroxyl groups is 1. The van der Waals surface area contributed by atoms with Crippen molar-refractivity contribution in [1.82, 2.24) is 9.55 Å². The molecular formula is C13H13N3O5. The highest BCUT2D eigenvalue weighted by atomic mass is 16.6. The van der Waals surface area contributed by atoms with Crippen molar-refractivity contribution in [2.75, 3.05) is 0 Å². The Hall–Kier alpha value is -2.90. The van der Waals surface area contributed by atoms with E-state index >= 15 is 0 Å². The monoisotopic (exact) mass is 291 g/mol. The first-order valence-corrected chi connectivity index (χ1v) is 6.05. The van der Waals surface area contributed by atoms with Gasteiger partial charge >= 0.3 is 5.69 Å². The molecule has 1 aromatic heterocycles. The van der Waals surface area contributed by atoms with E-state index in [0.717, 1.165) is 4.57 Å². The van der Waals surface area contributed by atoms with Crippen LogP contribution < -0.4 is 11.2 Å². The summed E-state index contributed by atoms with van der Waals surface area (Å²) in [6, 6.07) is 2.74. The molecule has 1 heterocycles. The van der Waals surface area contributed by atoms with Crippen molar-refractivity contribution in [2.45, 2.75) is 20.8 Å². The van der Waals surface area contributed by atoms with E-state index < -0.39 is 22.1 Å². The van der Waals surface area contributed by atoms with Gasteiger partial charge in [0.05, 0.1) is 16.2 Å². The van der Waals surface area contributed by atoms with Gasteiger partial charge < -0.3 is 5.11 Å². The Morgan fingerprint density at radius 1 is 1.19 bits per heavy atom. The van der Waals surface area contributed by atoms with E-state index in [9.17, 15) is 24.8 Å². The molecule has 0 unspecified atom stereocenters. The number of hydrogen-bond acceptors (Lipinski definition) is 5. The highest BCUT2D eigenvalue weighted by Gasteiger charge is 2.18. The lowest BCUT2D eigenvalue weighted by Crippen LogP contribution is -2.30. The van der Waals surface area contributed by atoms with Crippen LogP contribution in [0.1, 0.15) is 16.7 Å². The summed E-state index contributed by atoms with van der Waals surface area (Å²) in [6.07, 6.45) is 0.